The van der Waals surface area contributed by atoms with Crippen LogP contribution in [0, 0.1) is 17.0 Å². The number of thiazole rings is 1. The third-order valence-corrected chi connectivity index (χ3v) is 7.42. The van der Waals surface area contributed by atoms with Gasteiger partial charge in [0.1, 0.15) is 5.69 Å². The molecule has 1 amide bonds. The van der Waals surface area contributed by atoms with Crippen LogP contribution in [0.15, 0.2) is 30.3 Å². The minimum absolute atomic E-state index is 0. The number of carbonyl (C=O) groups is 1. The Bertz CT molecular complexity index is 1250. The van der Waals surface area contributed by atoms with E-state index in [0.717, 1.165) is 28.7 Å². The highest BCUT2D eigenvalue weighted by Gasteiger charge is 2.27. The van der Waals surface area contributed by atoms with Crippen LogP contribution in [0.3, 0.4) is 0 Å². The first kappa shape index (κ1) is 28.1. The van der Waals surface area contributed by atoms with E-state index >= 15 is 0 Å². The number of nitro groups is 1. The van der Waals surface area contributed by atoms with Crippen LogP contribution in [-0.2, 0) is 4.74 Å². The number of ether oxygens (including phenoxy) is 1. The van der Waals surface area contributed by atoms with Crippen molar-refractivity contribution in [1.82, 2.24) is 9.88 Å². The Kier molecular flexibility index (Phi) is 9.48. The van der Waals surface area contributed by atoms with Crippen LogP contribution < -0.4 is 9.80 Å². The maximum Gasteiger partial charge on any atom is 0.293 e. The van der Waals surface area contributed by atoms with E-state index in [0.29, 0.717) is 48.7 Å². The first-order valence-corrected chi connectivity index (χ1v) is 12.6. The summed E-state index contributed by atoms with van der Waals surface area (Å²) in [6.45, 7) is 5.28. The number of aryl methyl sites for hydroxylation is 1. The SMILES string of the molecule is Cc1c(Cl)ccc2sc(N(CCCN(C)C)C(=O)c3ccc(N4CCOCC4)c([N+](=O)[O-])c3)nc12.Cl. The van der Waals surface area contributed by atoms with Gasteiger partial charge in [-0.2, -0.15) is 0 Å². The summed E-state index contributed by atoms with van der Waals surface area (Å²) in [7, 11) is 3.95. The van der Waals surface area contributed by atoms with E-state index in [2.05, 4.69) is 0 Å². The molecule has 0 unspecified atom stereocenters. The minimum atomic E-state index is -0.430. The number of nitro benzene ring substituents is 1. The molecular weight excluding hydrogens is 525 g/mol. The number of fused-ring (bicyclic) bond motifs is 1. The molecule has 0 atom stereocenters. The summed E-state index contributed by atoms with van der Waals surface area (Å²) in [6, 6.07) is 8.43. The van der Waals surface area contributed by atoms with Crippen molar-refractivity contribution in [3.8, 4) is 0 Å². The number of carbonyl (C=O) groups excluding carboxylic acids is 1. The first-order chi connectivity index (χ1) is 16.8. The summed E-state index contributed by atoms with van der Waals surface area (Å²) >= 11 is 7.69. The van der Waals surface area contributed by atoms with E-state index in [1.165, 1.54) is 17.4 Å². The molecule has 2 aromatic carbocycles. The number of hydrogen-bond acceptors (Lipinski definition) is 8. The molecule has 36 heavy (non-hydrogen) atoms. The molecule has 1 fully saturated rings. The number of anilines is 2. The lowest BCUT2D eigenvalue weighted by Gasteiger charge is -2.28. The van der Waals surface area contributed by atoms with Crippen molar-refractivity contribution in [2.45, 2.75) is 13.3 Å². The Morgan fingerprint density at radius 2 is 1.94 bits per heavy atom. The number of aromatic nitrogens is 1. The summed E-state index contributed by atoms with van der Waals surface area (Å²) < 4.78 is 6.30. The predicted molar refractivity (Wildman–Crippen MR) is 148 cm³/mol. The monoisotopic (exact) mass is 553 g/mol. The Morgan fingerprint density at radius 1 is 1.22 bits per heavy atom. The second kappa shape index (κ2) is 12.2. The van der Waals surface area contributed by atoms with Crippen molar-refractivity contribution in [2.75, 3.05) is 63.3 Å². The van der Waals surface area contributed by atoms with Crippen molar-refractivity contribution >= 4 is 68.0 Å². The van der Waals surface area contributed by atoms with Gasteiger partial charge in [-0.05, 0) is 63.8 Å². The standard InChI is InChI=1S/C24H28ClN5O4S.ClH/c1-16-18(25)6-8-21-22(16)26-24(35-21)29(10-4-9-27(2)3)23(31)17-5-7-19(20(15-17)30(32)33)28-11-13-34-14-12-28;/h5-8,15H,4,9-14H2,1-3H3;1H. The molecule has 2 heterocycles. The maximum atomic E-state index is 13.7. The van der Waals surface area contributed by atoms with Gasteiger partial charge in [-0.3, -0.25) is 19.8 Å². The van der Waals surface area contributed by atoms with Gasteiger partial charge >= 0.3 is 0 Å². The fourth-order valence-electron chi connectivity index (χ4n) is 4.06. The molecule has 3 aromatic rings. The molecule has 0 radical (unpaired) electrons. The van der Waals surface area contributed by atoms with Crippen LogP contribution in [0.25, 0.3) is 10.2 Å². The van der Waals surface area contributed by atoms with Crippen LogP contribution in [0.5, 0.6) is 0 Å². The number of rotatable bonds is 8. The summed E-state index contributed by atoms with van der Waals surface area (Å²) in [5.41, 5.74) is 2.29. The zero-order valence-electron chi connectivity index (χ0n) is 20.4. The Hall–Kier alpha value is -2.50. The van der Waals surface area contributed by atoms with Gasteiger partial charge in [0, 0.05) is 36.3 Å². The minimum Gasteiger partial charge on any atom is -0.378 e. The molecule has 1 aromatic heterocycles. The Labute approximate surface area is 225 Å². The Morgan fingerprint density at radius 3 is 2.61 bits per heavy atom. The molecule has 12 heteroatoms. The van der Waals surface area contributed by atoms with Crippen molar-refractivity contribution < 1.29 is 14.5 Å². The van der Waals surface area contributed by atoms with Crippen molar-refractivity contribution in [2.24, 2.45) is 0 Å². The second-order valence-corrected chi connectivity index (χ2v) is 10.1. The van der Waals surface area contributed by atoms with Crippen molar-refractivity contribution in [1.29, 1.82) is 0 Å². The van der Waals surface area contributed by atoms with Crippen LogP contribution in [-0.4, -0.2) is 74.2 Å². The lowest BCUT2D eigenvalue weighted by Crippen LogP contribution is -2.37. The fourth-order valence-corrected chi connectivity index (χ4v) is 5.27. The summed E-state index contributed by atoms with van der Waals surface area (Å²) in [5, 5.41) is 13.1. The molecule has 0 spiro atoms. The van der Waals surface area contributed by atoms with Crippen LogP contribution >= 0.6 is 35.3 Å². The third kappa shape index (κ3) is 6.07. The van der Waals surface area contributed by atoms with Gasteiger partial charge in [0.15, 0.2) is 5.13 Å². The maximum absolute atomic E-state index is 13.7. The molecule has 1 saturated heterocycles. The number of morpholine rings is 1. The van der Waals surface area contributed by atoms with Gasteiger partial charge < -0.3 is 14.5 Å². The van der Waals surface area contributed by atoms with E-state index in [4.69, 9.17) is 21.3 Å². The first-order valence-electron chi connectivity index (χ1n) is 11.4. The number of nitrogens with zero attached hydrogens (tertiary/aromatic N) is 5. The highest BCUT2D eigenvalue weighted by molar-refractivity contribution is 7.22. The normalized spacial score (nSPS) is 13.6. The van der Waals surface area contributed by atoms with Gasteiger partial charge in [-0.25, -0.2) is 4.98 Å². The molecule has 1 aliphatic rings. The quantitative estimate of drug-likeness (QED) is 0.285. The van der Waals surface area contributed by atoms with E-state index < -0.39 is 4.92 Å². The topological polar surface area (TPSA) is 92.0 Å². The molecule has 0 N–H and O–H groups in total. The van der Waals surface area contributed by atoms with Crippen LogP contribution in [0.1, 0.15) is 22.3 Å². The highest BCUT2D eigenvalue weighted by Crippen LogP contribution is 2.35. The van der Waals surface area contributed by atoms with Crippen LogP contribution in [0.4, 0.5) is 16.5 Å². The number of hydrogen-bond donors (Lipinski definition) is 0. The molecule has 0 bridgehead atoms. The Balaban J connectivity index is 0.00000361. The zero-order valence-corrected chi connectivity index (χ0v) is 22.8. The summed E-state index contributed by atoms with van der Waals surface area (Å²) in [6.07, 6.45) is 0.725. The van der Waals surface area contributed by atoms with Gasteiger partial charge in [-0.15, -0.1) is 12.4 Å². The van der Waals surface area contributed by atoms with Crippen molar-refractivity contribution in [3.05, 3.63) is 56.6 Å². The molecule has 0 saturated carbocycles. The molecule has 9 nitrogen and oxygen atoms in total. The molecule has 194 valence electrons. The van der Waals surface area contributed by atoms with Gasteiger partial charge in [0.05, 0.1) is 28.4 Å². The fraction of sp³-hybridized carbons (Fsp3) is 0.417. The van der Waals surface area contributed by atoms with Gasteiger partial charge in [0.2, 0.25) is 0 Å². The second-order valence-electron chi connectivity index (χ2n) is 8.69. The number of amides is 1. The lowest BCUT2D eigenvalue weighted by molar-refractivity contribution is -0.384. The van der Waals surface area contributed by atoms with Gasteiger partial charge in [0.25, 0.3) is 11.6 Å². The molecular formula is C24H29Cl2N5O4S. The van der Waals surface area contributed by atoms with Crippen molar-refractivity contribution in [3.63, 3.8) is 0 Å². The highest BCUT2D eigenvalue weighted by atomic mass is 35.5. The average Bonchev–Trinajstić information content (AvgIpc) is 3.28. The third-order valence-electron chi connectivity index (χ3n) is 5.97. The van der Waals surface area contributed by atoms with E-state index in [1.54, 1.807) is 17.0 Å². The van der Waals surface area contributed by atoms with Gasteiger partial charge in [-0.1, -0.05) is 22.9 Å². The van der Waals surface area contributed by atoms with E-state index in [9.17, 15) is 14.9 Å². The lowest BCUT2D eigenvalue weighted by atomic mass is 10.1. The summed E-state index contributed by atoms with van der Waals surface area (Å²) in [4.78, 5) is 35.5. The molecule has 1 aliphatic heterocycles. The van der Waals surface area contributed by atoms with E-state index in [1.807, 2.05) is 43.0 Å². The molecule has 4 rings (SSSR count). The number of benzene rings is 2. The number of halogens is 2. The van der Waals surface area contributed by atoms with Crippen LogP contribution in [0.2, 0.25) is 5.02 Å². The predicted octanol–water partition coefficient (Wildman–Crippen LogP) is 5.02. The smallest absolute Gasteiger partial charge is 0.293 e. The summed E-state index contributed by atoms with van der Waals surface area (Å²) in [5.74, 6) is -0.316. The molecule has 0 aliphatic carbocycles. The largest absolute Gasteiger partial charge is 0.378 e. The zero-order chi connectivity index (χ0) is 25.1. The van der Waals surface area contributed by atoms with E-state index in [-0.39, 0.29) is 29.6 Å². The average molecular weight is 555 g/mol.